The molecular weight excluding hydrogens is 308 g/mol. The lowest BCUT2D eigenvalue weighted by atomic mass is 10.1. The van der Waals surface area contributed by atoms with Gasteiger partial charge in [-0.25, -0.2) is 0 Å². The van der Waals surface area contributed by atoms with Gasteiger partial charge >= 0.3 is 0 Å². The summed E-state index contributed by atoms with van der Waals surface area (Å²) in [4.78, 5) is 2.39. The third-order valence-electron chi connectivity index (χ3n) is 2.93. The van der Waals surface area contributed by atoms with Crippen LogP contribution in [0.25, 0.3) is 0 Å². The molecule has 2 aromatic carbocycles. The second-order valence-electron chi connectivity index (χ2n) is 4.58. The molecule has 0 aliphatic heterocycles. The fourth-order valence-electron chi connectivity index (χ4n) is 1.71. The quantitative estimate of drug-likeness (QED) is 0.693. The van der Waals surface area contributed by atoms with Crippen LogP contribution < -0.4 is 4.83 Å². The average molecular weight is 323 g/mol. The largest absolute Gasteiger partial charge is 0.276 e. The summed E-state index contributed by atoms with van der Waals surface area (Å²) < 4.78 is 24.2. The molecule has 0 radical (unpaired) electrons. The van der Waals surface area contributed by atoms with Gasteiger partial charge in [0.05, 0.1) is 10.6 Å². The van der Waals surface area contributed by atoms with Crippen LogP contribution in [0, 0.1) is 6.92 Å². The molecule has 0 aliphatic carbocycles. The molecule has 0 heterocycles. The zero-order valence-corrected chi connectivity index (χ0v) is 13.2. The van der Waals surface area contributed by atoms with E-state index in [0.717, 1.165) is 5.56 Å². The Labute approximate surface area is 129 Å². The van der Waals surface area contributed by atoms with Crippen LogP contribution >= 0.6 is 11.6 Å². The van der Waals surface area contributed by atoms with Crippen LogP contribution in [-0.4, -0.2) is 14.1 Å². The van der Waals surface area contributed by atoms with Gasteiger partial charge in [0.1, 0.15) is 0 Å². The van der Waals surface area contributed by atoms with E-state index in [2.05, 4.69) is 9.93 Å². The maximum Gasteiger partial charge on any atom is 0.276 e. The number of hydrogen-bond donors (Lipinski definition) is 1. The molecule has 1 N–H and O–H groups in total. The van der Waals surface area contributed by atoms with E-state index < -0.39 is 10.0 Å². The summed E-state index contributed by atoms with van der Waals surface area (Å²) in [6, 6.07) is 13.7. The molecular formula is C15H15ClN2O2S. The molecule has 0 unspecified atom stereocenters. The zero-order valence-electron chi connectivity index (χ0n) is 11.7. The van der Waals surface area contributed by atoms with Gasteiger partial charge in [-0.3, -0.25) is 0 Å². The van der Waals surface area contributed by atoms with E-state index in [1.807, 2.05) is 13.0 Å². The lowest BCUT2D eigenvalue weighted by Crippen LogP contribution is -2.20. The van der Waals surface area contributed by atoms with E-state index >= 15 is 0 Å². The highest BCUT2D eigenvalue weighted by molar-refractivity contribution is 7.89. The summed E-state index contributed by atoms with van der Waals surface area (Å²) in [6.45, 7) is 3.59. The van der Waals surface area contributed by atoms with Gasteiger partial charge in [-0.15, -0.1) is 0 Å². The smallest absolute Gasteiger partial charge is 0.200 e. The molecule has 0 amide bonds. The van der Waals surface area contributed by atoms with Crippen LogP contribution in [0.3, 0.4) is 0 Å². The zero-order chi connectivity index (χ0) is 15.5. The molecule has 21 heavy (non-hydrogen) atoms. The van der Waals surface area contributed by atoms with Crippen molar-refractivity contribution in [3.05, 3.63) is 64.7 Å². The Morgan fingerprint density at radius 2 is 1.71 bits per heavy atom. The van der Waals surface area contributed by atoms with Crippen molar-refractivity contribution in [2.75, 3.05) is 0 Å². The topological polar surface area (TPSA) is 58.5 Å². The number of nitrogens with zero attached hydrogens (tertiary/aromatic N) is 1. The number of aryl methyl sites for hydroxylation is 1. The van der Waals surface area contributed by atoms with E-state index in [9.17, 15) is 8.42 Å². The fraction of sp³-hybridized carbons (Fsp3) is 0.133. The Hall–Kier alpha value is -1.85. The lowest BCUT2D eigenvalue weighted by molar-refractivity contribution is 0.584. The minimum atomic E-state index is -3.67. The van der Waals surface area contributed by atoms with Crippen molar-refractivity contribution < 1.29 is 8.42 Å². The van der Waals surface area contributed by atoms with E-state index in [0.29, 0.717) is 16.3 Å². The predicted octanol–water partition coefficient (Wildman–Crippen LogP) is 3.35. The van der Waals surface area contributed by atoms with Crippen molar-refractivity contribution in [2.45, 2.75) is 18.7 Å². The molecule has 0 spiro atoms. The van der Waals surface area contributed by atoms with Crippen molar-refractivity contribution in [1.82, 2.24) is 4.83 Å². The summed E-state index contributed by atoms with van der Waals surface area (Å²) in [6.07, 6.45) is 0. The number of hydrogen-bond acceptors (Lipinski definition) is 3. The SMILES string of the molecule is C/C(=N\NS(=O)(=O)c1ccc(C)cc1)c1ccccc1Cl. The minimum absolute atomic E-state index is 0.170. The predicted molar refractivity (Wildman–Crippen MR) is 85.2 cm³/mol. The number of hydrazone groups is 1. The number of nitrogens with one attached hydrogen (secondary N) is 1. The van der Waals surface area contributed by atoms with Gasteiger partial charge in [-0.2, -0.15) is 18.4 Å². The summed E-state index contributed by atoms with van der Waals surface area (Å²) in [5.41, 5.74) is 2.17. The molecule has 4 nitrogen and oxygen atoms in total. The first-order chi connectivity index (χ1) is 9.90. The van der Waals surface area contributed by atoms with Gasteiger partial charge in [0.2, 0.25) is 0 Å². The van der Waals surface area contributed by atoms with Gasteiger partial charge in [0, 0.05) is 10.6 Å². The van der Waals surface area contributed by atoms with Crippen LogP contribution in [0.5, 0.6) is 0 Å². The minimum Gasteiger partial charge on any atom is -0.200 e. The van der Waals surface area contributed by atoms with Crippen LogP contribution in [-0.2, 0) is 10.0 Å². The van der Waals surface area contributed by atoms with Crippen molar-refractivity contribution >= 4 is 27.3 Å². The second-order valence-corrected chi connectivity index (χ2v) is 6.65. The first kappa shape index (κ1) is 15.5. The Balaban J connectivity index is 2.23. The Morgan fingerprint density at radius 3 is 2.33 bits per heavy atom. The number of halogens is 1. The summed E-state index contributed by atoms with van der Waals surface area (Å²) in [7, 11) is -3.67. The third kappa shape index (κ3) is 3.83. The molecule has 0 aromatic heterocycles. The number of rotatable bonds is 4. The standard InChI is InChI=1S/C15H15ClN2O2S/c1-11-7-9-13(10-8-11)21(19,20)18-17-12(2)14-5-3-4-6-15(14)16/h3-10,18H,1-2H3/b17-12+. The van der Waals surface area contributed by atoms with Crippen LogP contribution in [0.15, 0.2) is 58.5 Å². The molecule has 0 saturated heterocycles. The normalized spacial score (nSPS) is 12.2. The Bertz CT molecular complexity index is 769. The van der Waals surface area contributed by atoms with Gasteiger partial charge in [0.25, 0.3) is 10.0 Å². The van der Waals surface area contributed by atoms with Gasteiger partial charge in [-0.05, 0) is 32.0 Å². The van der Waals surface area contributed by atoms with Gasteiger partial charge in [-0.1, -0.05) is 47.5 Å². The maximum absolute atomic E-state index is 12.1. The summed E-state index contributed by atoms with van der Waals surface area (Å²) in [5, 5.41) is 4.44. The van der Waals surface area contributed by atoms with Crippen molar-refractivity contribution in [2.24, 2.45) is 5.10 Å². The fourth-order valence-corrected chi connectivity index (χ4v) is 2.84. The number of benzene rings is 2. The van der Waals surface area contributed by atoms with Crippen molar-refractivity contribution in [3.8, 4) is 0 Å². The summed E-state index contributed by atoms with van der Waals surface area (Å²) >= 11 is 6.05. The second kappa shape index (κ2) is 6.28. The van der Waals surface area contributed by atoms with E-state index in [1.165, 1.54) is 12.1 Å². The maximum atomic E-state index is 12.1. The molecule has 2 rings (SSSR count). The third-order valence-corrected chi connectivity index (χ3v) is 4.48. The molecule has 110 valence electrons. The van der Waals surface area contributed by atoms with Gasteiger partial charge < -0.3 is 0 Å². The van der Waals surface area contributed by atoms with Crippen LogP contribution in [0.4, 0.5) is 0 Å². The molecule has 6 heteroatoms. The van der Waals surface area contributed by atoms with Crippen molar-refractivity contribution in [3.63, 3.8) is 0 Å². The lowest BCUT2D eigenvalue weighted by Gasteiger charge is -2.06. The monoisotopic (exact) mass is 322 g/mol. The van der Waals surface area contributed by atoms with Crippen molar-refractivity contribution in [1.29, 1.82) is 0 Å². The van der Waals surface area contributed by atoms with Crippen LogP contribution in [0.2, 0.25) is 5.02 Å². The molecule has 2 aromatic rings. The average Bonchev–Trinajstić information content (AvgIpc) is 2.46. The highest BCUT2D eigenvalue weighted by Crippen LogP contribution is 2.16. The molecule has 0 saturated carbocycles. The molecule has 0 fully saturated rings. The van der Waals surface area contributed by atoms with E-state index in [-0.39, 0.29) is 4.90 Å². The molecule has 0 bridgehead atoms. The first-order valence-corrected chi connectivity index (χ1v) is 8.14. The number of sulfonamides is 1. The molecule has 0 aliphatic rings. The molecule has 0 atom stereocenters. The first-order valence-electron chi connectivity index (χ1n) is 6.28. The van der Waals surface area contributed by atoms with Crippen LogP contribution in [0.1, 0.15) is 18.1 Å². The summed E-state index contributed by atoms with van der Waals surface area (Å²) in [5.74, 6) is 0. The van der Waals surface area contributed by atoms with Gasteiger partial charge in [0.15, 0.2) is 0 Å². The Morgan fingerprint density at radius 1 is 1.10 bits per heavy atom. The highest BCUT2D eigenvalue weighted by atomic mass is 35.5. The van der Waals surface area contributed by atoms with E-state index in [4.69, 9.17) is 11.6 Å². The highest BCUT2D eigenvalue weighted by Gasteiger charge is 2.13. The Kier molecular flexibility index (Phi) is 4.65. The van der Waals surface area contributed by atoms with E-state index in [1.54, 1.807) is 37.3 Å².